The van der Waals surface area contributed by atoms with Crippen LogP contribution < -0.4 is 5.32 Å². The molecule has 0 spiro atoms. The molecule has 0 fully saturated rings. The molecule has 2 aromatic heterocycles. The first kappa shape index (κ1) is 16.1. The van der Waals surface area contributed by atoms with Crippen molar-refractivity contribution in [2.75, 3.05) is 13.6 Å². The van der Waals surface area contributed by atoms with Crippen LogP contribution in [0.3, 0.4) is 0 Å². The van der Waals surface area contributed by atoms with E-state index in [1.807, 2.05) is 16.4 Å². The molecular weight excluding hydrogens is 284 g/mol. The Hall–Kier alpha value is -1.31. The average Bonchev–Trinajstić information content (AvgIpc) is 3.04. The van der Waals surface area contributed by atoms with E-state index in [1.54, 1.807) is 11.3 Å². The van der Waals surface area contributed by atoms with Gasteiger partial charge < -0.3 is 5.32 Å². The van der Waals surface area contributed by atoms with Crippen LogP contribution in [0.25, 0.3) is 0 Å². The smallest absolute Gasteiger partial charge is 0.0964 e. The molecule has 0 radical (unpaired) electrons. The number of hydrogen-bond donors (Lipinski definition) is 1. The number of aromatic nitrogens is 4. The summed E-state index contributed by atoms with van der Waals surface area (Å²) in [4.78, 5) is 7.90. The lowest BCUT2D eigenvalue weighted by molar-refractivity contribution is 0.305. The molecule has 0 saturated heterocycles. The minimum absolute atomic E-state index is 0.462. The van der Waals surface area contributed by atoms with Crippen LogP contribution in [0.5, 0.6) is 0 Å². The summed E-state index contributed by atoms with van der Waals surface area (Å²) in [6.07, 6.45) is 2.02. The van der Waals surface area contributed by atoms with Gasteiger partial charge in [-0.05, 0) is 14.0 Å². The molecule has 0 aliphatic heterocycles. The molecule has 1 N–H and O–H groups in total. The Morgan fingerprint density at radius 2 is 2.24 bits per heavy atom. The van der Waals surface area contributed by atoms with Crippen molar-refractivity contribution in [1.29, 1.82) is 0 Å². The Labute approximate surface area is 130 Å². The first-order valence-electron chi connectivity index (χ1n) is 7.24. The lowest BCUT2D eigenvalue weighted by Crippen LogP contribution is -2.23. The minimum atomic E-state index is 0.462. The van der Waals surface area contributed by atoms with Crippen molar-refractivity contribution in [1.82, 2.24) is 30.2 Å². The second-order valence-corrected chi connectivity index (χ2v) is 6.55. The van der Waals surface area contributed by atoms with Crippen molar-refractivity contribution in [3.8, 4) is 0 Å². The molecule has 7 heteroatoms. The molecule has 2 rings (SSSR count). The zero-order valence-corrected chi connectivity index (χ0v) is 14.0. The van der Waals surface area contributed by atoms with Crippen LogP contribution in [0.1, 0.15) is 30.1 Å². The number of thiazole rings is 1. The van der Waals surface area contributed by atoms with Crippen LogP contribution in [-0.4, -0.2) is 44.5 Å². The van der Waals surface area contributed by atoms with Gasteiger partial charge in [-0.25, -0.2) is 4.98 Å². The fourth-order valence-corrected chi connectivity index (χ4v) is 2.77. The van der Waals surface area contributed by atoms with Gasteiger partial charge >= 0.3 is 0 Å². The van der Waals surface area contributed by atoms with E-state index in [-0.39, 0.29) is 0 Å². The molecule has 0 unspecified atom stereocenters. The van der Waals surface area contributed by atoms with E-state index in [0.717, 1.165) is 37.6 Å². The summed E-state index contributed by atoms with van der Waals surface area (Å²) in [5.41, 5.74) is 4.03. The molecule has 21 heavy (non-hydrogen) atoms. The summed E-state index contributed by atoms with van der Waals surface area (Å²) < 4.78 is 1.91. The van der Waals surface area contributed by atoms with Crippen molar-refractivity contribution in [3.63, 3.8) is 0 Å². The fourth-order valence-electron chi connectivity index (χ4n) is 1.91. The third-order valence-electron chi connectivity index (χ3n) is 3.25. The maximum Gasteiger partial charge on any atom is 0.0964 e. The topological polar surface area (TPSA) is 58.9 Å². The number of likely N-dealkylation sites (N-methyl/N-ethyl adjacent to an activating group) is 1. The molecule has 2 aromatic rings. The van der Waals surface area contributed by atoms with Crippen LogP contribution in [0.2, 0.25) is 0 Å². The molecule has 0 aromatic carbocycles. The van der Waals surface area contributed by atoms with Crippen molar-refractivity contribution in [2.45, 2.75) is 46.4 Å². The van der Waals surface area contributed by atoms with Crippen LogP contribution >= 0.6 is 11.3 Å². The average molecular weight is 308 g/mol. The van der Waals surface area contributed by atoms with E-state index in [9.17, 15) is 0 Å². The zero-order valence-electron chi connectivity index (χ0n) is 13.2. The summed E-state index contributed by atoms with van der Waals surface area (Å²) in [5.74, 6) is 0. The standard InChI is InChI=1S/C14H24N6S/c1-11(2)15-7-13-8-20(18-17-13)6-5-19(4)9-14-12(3)16-10-21-14/h8,10-11,15H,5-7,9H2,1-4H3. The van der Waals surface area contributed by atoms with Crippen LogP contribution in [0.4, 0.5) is 0 Å². The molecule has 2 heterocycles. The summed E-state index contributed by atoms with van der Waals surface area (Å²) in [5, 5.41) is 11.7. The second-order valence-electron chi connectivity index (χ2n) is 5.61. The predicted octanol–water partition coefficient (Wildman–Crippen LogP) is 1.67. The highest BCUT2D eigenvalue weighted by Gasteiger charge is 2.07. The lowest BCUT2D eigenvalue weighted by Gasteiger charge is -2.15. The SMILES string of the molecule is Cc1ncsc1CN(C)CCn1cc(CNC(C)C)nn1. The van der Waals surface area contributed by atoms with Gasteiger partial charge in [-0.1, -0.05) is 19.1 Å². The summed E-state index contributed by atoms with van der Waals surface area (Å²) in [6, 6.07) is 0.462. The zero-order chi connectivity index (χ0) is 15.2. The number of aryl methyl sites for hydroxylation is 1. The monoisotopic (exact) mass is 308 g/mol. The normalized spacial score (nSPS) is 11.7. The van der Waals surface area contributed by atoms with Gasteiger partial charge in [0, 0.05) is 36.8 Å². The quantitative estimate of drug-likeness (QED) is 0.804. The van der Waals surface area contributed by atoms with E-state index in [0.29, 0.717) is 6.04 Å². The van der Waals surface area contributed by atoms with E-state index in [1.165, 1.54) is 4.88 Å². The summed E-state index contributed by atoms with van der Waals surface area (Å²) >= 11 is 1.72. The maximum absolute atomic E-state index is 4.28. The highest BCUT2D eigenvalue weighted by Crippen LogP contribution is 2.13. The molecule has 0 aliphatic carbocycles. The van der Waals surface area contributed by atoms with Crippen LogP contribution in [-0.2, 0) is 19.6 Å². The number of nitrogens with one attached hydrogen (secondary N) is 1. The van der Waals surface area contributed by atoms with Gasteiger partial charge in [-0.2, -0.15) is 0 Å². The first-order valence-corrected chi connectivity index (χ1v) is 8.12. The van der Waals surface area contributed by atoms with Gasteiger partial charge in [0.2, 0.25) is 0 Å². The van der Waals surface area contributed by atoms with Gasteiger partial charge in [0.25, 0.3) is 0 Å². The van der Waals surface area contributed by atoms with Crippen LogP contribution in [0, 0.1) is 6.92 Å². The second kappa shape index (κ2) is 7.63. The van der Waals surface area contributed by atoms with E-state index >= 15 is 0 Å². The first-order chi connectivity index (χ1) is 10.0. The Morgan fingerprint density at radius 1 is 1.43 bits per heavy atom. The molecule has 0 saturated carbocycles. The van der Waals surface area contributed by atoms with Crippen molar-refractivity contribution < 1.29 is 0 Å². The van der Waals surface area contributed by atoms with E-state index in [2.05, 4.69) is 53.3 Å². The van der Waals surface area contributed by atoms with Gasteiger partial charge in [-0.15, -0.1) is 16.4 Å². The molecule has 0 amide bonds. The van der Waals surface area contributed by atoms with Crippen molar-refractivity contribution in [2.24, 2.45) is 0 Å². The van der Waals surface area contributed by atoms with E-state index < -0.39 is 0 Å². The highest BCUT2D eigenvalue weighted by atomic mass is 32.1. The van der Waals surface area contributed by atoms with Crippen LogP contribution in [0.15, 0.2) is 11.7 Å². The predicted molar refractivity (Wildman–Crippen MR) is 85.2 cm³/mol. The molecule has 0 aliphatic rings. The number of rotatable bonds is 8. The van der Waals surface area contributed by atoms with Gasteiger partial charge in [-0.3, -0.25) is 9.58 Å². The fraction of sp³-hybridized carbons (Fsp3) is 0.643. The van der Waals surface area contributed by atoms with Crippen molar-refractivity contribution in [3.05, 3.63) is 28.0 Å². The Kier molecular flexibility index (Phi) is 5.84. The Bertz CT molecular complexity index is 547. The molecule has 116 valence electrons. The third kappa shape index (κ3) is 5.18. The van der Waals surface area contributed by atoms with Gasteiger partial charge in [0.1, 0.15) is 0 Å². The van der Waals surface area contributed by atoms with Gasteiger partial charge in [0.05, 0.1) is 23.4 Å². The summed E-state index contributed by atoms with van der Waals surface area (Å²) in [6.45, 7) is 9.81. The Balaban J connectivity index is 1.76. The van der Waals surface area contributed by atoms with Gasteiger partial charge in [0.15, 0.2) is 0 Å². The van der Waals surface area contributed by atoms with E-state index in [4.69, 9.17) is 0 Å². The highest BCUT2D eigenvalue weighted by molar-refractivity contribution is 7.09. The number of nitrogens with zero attached hydrogens (tertiary/aromatic N) is 5. The largest absolute Gasteiger partial charge is 0.309 e. The van der Waals surface area contributed by atoms with Crippen molar-refractivity contribution >= 4 is 11.3 Å². The maximum atomic E-state index is 4.28. The summed E-state index contributed by atoms with van der Waals surface area (Å²) in [7, 11) is 2.12. The molecule has 6 nitrogen and oxygen atoms in total. The third-order valence-corrected chi connectivity index (χ3v) is 4.17. The number of hydrogen-bond acceptors (Lipinski definition) is 6. The molecule has 0 atom stereocenters. The minimum Gasteiger partial charge on any atom is -0.309 e. The lowest BCUT2D eigenvalue weighted by atomic mass is 10.3. The Morgan fingerprint density at radius 3 is 2.90 bits per heavy atom. The molecular formula is C14H24N6S. The molecule has 0 bridgehead atoms.